The molecule has 0 heterocycles. The third-order valence-corrected chi connectivity index (χ3v) is 5.44. The van der Waals surface area contributed by atoms with Crippen LogP contribution in [0.15, 0.2) is 27.6 Å². The molecule has 1 aromatic carbocycles. The van der Waals surface area contributed by atoms with E-state index in [1.54, 1.807) is 6.07 Å². The van der Waals surface area contributed by atoms with E-state index in [-0.39, 0.29) is 22.4 Å². The predicted molar refractivity (Wildman–Crippen MR) is 86.8 cm³/mol. The molecule has 0 bridgehead atoms. The van der Waals surface area contributed by atoms with E-state index < -0.39 is 10.0 Å². The van der Waals surface area contributed by atoms with Gasteiger partial charge in [-0.05, 0) is 24.1 Å². The van der Waals surface area contributed by atoms with Gasteiger partial charge < -0.3 is 5.32 Å². The number of halogens is 2. The van der Waals surface area contributed by atoms with Gasteiger partial charge in [0.25, 0.3) is 0 Å². The fraction of sp³-hybridized carbons (Fsp3) is 0.462. The average molecular weight is 398 g/mol. The monoisotopic (exact) mass is 396 g/mol. The SMILES string of the molecule is CC(C)CNC(=O)CN(C)S(=O)(=O)c1ccc(Br)cc1Cl. The first kappa shape index (κ1) is 18.4. The Bertz CT molecular complexity index is 620. The number of hydrogen-bond acceptors (Lipinski definition) is 3. The Morgan fingerprint density at radius 2 is 2.05 bits per heavy atom. The van der Waals surface area contributed by atoms with Crippen molar-refractivity contribution in [3.8, 4) is 0 Å². The number of benzene rings is 1. The van der Waals surface area contributed by atoms with E-state index in [2.05, 4.69) is 21.2 Å². The van der Waals surface area contributed by atoms with E-state index in [1.165, 1.54) is 19.2 Å². The van der Waals surface area contributed by atoms with Crippen molar-refractivity contribution in [2.75, 3.05) is 20.1 Å². The van der Waals surface area contributed by atoms with Crippen molar-refractivity contribution in [2.45, 2.75) is 18.7 Å². The van der Waals surface area contributed by atoms with Gasteiger partial charge >= 0.3 is 0 Å². The van der Waals surface area contributed by atoms with Gasteiger partial charge in [0.1, 0.15) is 4.90 Å². The highest BCUT2D eigenvalue weighted by atomic mass is 79.9. The summed E-state index contributed by atoms with van der Waals surface area (Å²) < 4.78 is 26.4. The van der Waals surface area contributed by atoms with E-state index in [9.17, 15) is 13.2 Å². The lowest BCUT2D eigenvalue weighted by atomic mass is 10.2. The van der Waals surface area contributed by atoms with Gasteiger partial charge in [-0.25, -0.2) is 8.42 Å². The van der Waals surface area contributed by atoms with Gasteiger partial charge in [0.2, 0.25) is 15.9 Å². The molecule has 0 aliphatic heterocycles. The second-order valence-corrected chi connectivity index (χ2v) is 8.37. The zero-order valence-electron chi connectivity index (χ0n) is 12.1. The highest BCUT2D eigenvalue weighted by Gasteiger charge is 2.25. The van der Waals surface area contributed by atoms with Crippen LogP contribution in [0.3, 0.4) is 0 Å². The van der Waals surface area contributed by atoms with Gasteiger partial charge in [0.15, 0.2) is 0 Å². The minimum Gasteiger partial charge on any atom is -0.355 e. The smallest absolute Gasteiger partial charge is 0.244 e. The minimum atomic E-state index is -3.80. The van der Waals surface area contributed by atoms with Crippen molar-refractivity contribution >= 4 is 43.5 Å². The first-order chi connectivity index (χ1) is 9.64. The maximum absolute atomic E-state index is 12.4. The summed E-state index contributed by atoms with van der Waals surface area (Å²) in [5.41, 5.74) is 0. The molecule has 0 fully saturated rings. The van der Waals surface area contributed by atoms with E-state index in [0.717, 1.165) is 4.31 Å². The molecule has 0 atom stereocenters. The molecule has 5 nitrogen and oxygen atoms in total. The lowest BCUT2D eigenvalue weighted by molar-refractivity contribution is -0.121. The summed E-state index contributed by atoms with van der Waals surface area (Å²) >= 11 is 9.18. The number of carbonyl (C=O) groups excluding carboxylic acids is 1. The summed E-state index contributed by atoms with van der Waals surface area (Å²) in [5.74, 6) is -0.0419. The molecule has 0 unspecified atom stereocenters. The van der Waals surface area contributed by atoms with Crippen LogP contribution in [0.25, 0.3) is 0 Å². The van der Waals surface area contributed by atoms with Gasteiger partial charge in [-0.3, -0.25) is 4.79 Å². The number of hydrogen-bond donors (Lipinski definition) is 1. The second kappa shape index (κ2) is 7.58. The summed E-state index contributed by atoms with van der Waals surface area (Å²) in [6.07, 6.45) is 0. The lowest BCUT2D eigenvalue weighted by Crippen LogP contribution is -2.39. The van der Waals surface area contributed by atoms with Crippen LogP contribution in [0.4, 0.5) is 0 Å². The summed E-state index contributed by atoms with van der Waals surface area (Å²) in [6, 6.07) is 4.50. The van der Waals surface area contributed by atoms with Crippen LogP contribution in [0.2, 0.25) is 5.02 Å². The number of sulfonamides is 1. The van der Waals surface area contributed by atoms with Crippen molar-refractivity contribution in [1.82, 2.24) is 9.62 Å². The van der Waals surface area contributed by atoms with Crippen molar-refractivity contribution < 1.29 is 13.2 Å². The highest BCUT2D eigenvalue weighted by molar-refractivity contribution is 9.10. The molecule has 1 aromatic rings. The normalized spacial score (nSPS) is 12.0. The van der Waals surface area contributed by atoms with Gasteiger partial charge in [0, 0.05) is 18.1 Å². The molecule has 8 heteroatoms. The van der Waals surface area contributed by atoms with Gasteiger partial charge in [-0.1, -0.05) is 41.4 Å². The van der Waals surface area contributed by atoms with E-state index in [1.807, 2.05) is 13.8 Å². The highest BCUT2D eigenvalue weighted by Crippen LogP contribution is 2.27. The predicted octanol–water partition coefficient (Wildman–Crippen LogP) is 2.50. The first-order valence-electron chi connectivity index (χ1n) is 6.32. The zero-order chi connectivity index (χ0) is 16.2. The summed E-state index contributed by atoms with van der Waals surface area (Å²) in [7, 11) is -2.45. The van der Waals surface area contributed by atoms with E-state index in [0.29, 0.717) is 16.9 Å². The zero-order valence-corrected chi connectivity index (χ0v) is 15.2. The average Bonchev–Trinajstić information content (AvgIpc) is 2.35. The Kier molecular flexibility index (Phi) is 6.65. The minimum absolute atomic E-state index is 0.0217. The number of carbonyl (C=O) groups is 1. The quantitative estimate of drug-likeness (QED) is 0.802. The molecule has 0 aromatic heterocycles. The van der Waals surface area contributed by atoms with Crippen LogP contribution < -0.4 is 5.32 Å². The standard InChI is InChI=1S/C13H18BrClN2O3S/c1-9(2)7-16-13(18)8-17(3)21(19,20)12-5-4-10(14)6-11(12)15/h4-6,9H,7-8H2,1-3H3,(H,16,18). The lowest BCUT2D eigenvalue weighted by Gasteiger charge is -2.18. The van der Waals surface area contributed by atoms with Crippen molar-refractivity contribution in [3.63, 3.8) is 0 Å². The van der Waals surface area contributed by atoms with E-state index in [4.69, 9.17) is 11.6 Å². The summed E-state index contributed by atoms with van der Waals surface area (Å²) in [5, 5.41) is 2.78. The fourth-order valence-electron chi connectivity index (χ4n) is 1.51. The molecule has 0 aliphatic rings. The molecule has 0 radical (unpaired) electrons. The number of nitrogens with one attached hydrogen (secondary N) is 1. The molecule has 0 aliphatic carbocycles. The molecule has 0 saturated heterocycles. The summed E-state index contributed by atoms with van der Waals surface area (Å²) in [4.78, 5) is 11.7. The third-order valence-electron chi connectivity index (χ3n) is 2.66. The Hall–Kier alpha value is -0.630. The maximum atomic E-state index is 12.4. The van der Waals surface area contributed by atoms with Gasteiger partial charge in [-0.2, -0.15) is 4.31 Å². The summed E-state index contributed by atoms with van der Waals surface area (Å²) in [6.45, 7) is 4.18. The van der Waals surface area contributed by atoms with Crippen LogP contribution in [0, 0.1) is 5.92 Å². The van der Waals surface area contributed by atoms with Gasteiger partial charge in [0.05, 0.1) is 11.6 Å². The molecule has 21 heavy (non-hydrogen) atoms. The van der Waals surface area contributed by atoms with Crippen LogP contribution in [0.1, 0.15) is 13.8 Å². The van der Waals surface area contributed by atoms with Crippen LogP contribution in [0.5, 0.6) is 0 Å². The van der Waals surface area contributed by atoms with Crippen molar-refractivity contribution in [1.29, 1.82) is 0 Å². The van der Waals surface area contributed by atoms with Crippen molar-refractivity contribution in [3.05, 3.63) is 27.7 Å². The number of rotatable bonds is 6. The van der Waals surface area contributed by atoms with Gasteiger partial charge in [-0.15, -0.1) is 0 Å². The number of nitrogens with zero attached hydrogens (tertiary/aromatic N) is 1. The van der Waals surface area contributed by atoms with Crippen molar-refractivity contribution in [2.24, 2.45) is 5.92 Å². The Morgan fingerprint density at radius 1 is 1.43 bits per heavy atom. The van der Waals surface area contributed by atoms with Crippen LogP contribution in [-0.4, -0.2) is 38.8 Å². The molecular weight excluding hydrogens is 380 g/mol. The first-order valence-corrected chi connectivity index (χ1v) is 8.93. The topological polar surface area (TPSA) is 66.5 Å². The molecule has 118 valence electrons. The van der Waals surface area contributed by atoms with Crippen LogP contribution >= 0.6 is 27.5 Å². The number of amides is 1. The Balaban J connectivity index is 2.85. The molecule has 1 amide bonds. The molecule has 1 rings (SSSR count). The Morgan fingerprint density at radius 3 is 2.57 bits per heavy atom. The third kappa shape index (κ3) is 5.25. The Labute approximate surface area is 138 Å². The second-order valence-electron chi connectivity index (χ2n) is 5.03. The molecule has 0 spiro atoms. The maximum Gasteiger partial charge on any atom is 0.244 e. The largest absolute Gasteiger partial charge is 0.355 e. The van der Waals surface area contributed by atoms with E-state index >= 15 is 0 Å². The number of likely N-dealkylation sites (N-methyl/N-ethyl adjacent to an activating group) is 1. The molecule has 0 saturated carbocycles. The molecule has 1 N–H and O–H groups in total. The molecular formula is C13H18BrClN2O3S. The van der Waals surface area contributed by atoms with Crippen LogP contribution in [-0.2, 0) is 14.8 Å². The fourth-order valence-corrected chi connectivity index (χ4v) is 3.65.